The molecule has 1 rings (SSSR count). The van der Waals surface area contributed by atoms with Gasteiger partial charge in [-0.05, 0) is 12.6 Å². The monoisotopic (exact) mass is 153 g/mol. The van der Waals surface area contributed by atoms with Gasteiger partial charge in [-0.25, -0.2) is 9.78 Å². The topological polar surface area (TPSA) is 60.9 Å². The fourth-order valence-electron chi connectivity index (χ4n) is 0.907. The van der Waals surface area contributed by atoms with E-state index in [0.29, 0.717) is 13.0 Å². The molecule has 0 spiro atoms. The summed E-state index contributed by atoms with van der Waals surface area (Å²) in [5.74, 6) is 0. The van der Waals surface area contributed by atoms with Crippen LogP contribution in [0.1, 0.15) is 5.69 Å². The Balaban J connectivity index is 3.06. The van der Waals surface area contributed by atoms with E-state index in [0.717, 1.165) is 5.69 Å². The van der Waals surface area contributed by atoms with Crippen LogP contribution in [0.25, 0.3) is 0 Å². The first-order chi connectivity index (χ1) is 5.25. The molecule has 0 aliphatic carbocycles. The van der Waals surface area contributed by atoms with Gasteiger partial charge in [0.2, 0.25) is 0 Å². The Morgan fingerprint density at radius 3 is 3.09 bits per heavy atom. The molecule has 4 heteroatoms. The molecule has 0 atom stereocenters. The summed E-state index contributed by atoms with van der Waals surface area (Å²) in [6.07, 6.45) is 2.22. The lowest BCUT2D eigenvalue weighted by Gasteiger charge is -2.03. The first kappa shape index (κ1) is 7.94. The predicted octanol–water partition coefficient (Wildman–Crippen LogP) is -0.719. The van der Waals surface area contributed by atoms with Gasteiger partial charge in [-0.1, -0.05) is 0 Å². The Hall–Kier alpha value is -1.16. The van der Waals surface area contributed by atoms with Crippen LogP contribution in [0, 0.1) is 0 Å². The van der Waals surface area contributed by atoms with E-state index in [4.69, 9.17) is 5.73 Å². The SMILES string of the molecule is Cn1c(CCN)ccnc1=O. The van der Waals surface area contributed by atoms with Crippen molar-refractivity contribution in [3.63, 3.8) is 0 Å². The summed E-state index contributed by atoms with van der Waals surface area (Å²) in [5, 5.41) is 0. The minimum atomic E-state index is -0.226. The lowest BCUT2D eigenvalue weighted by Crippen LogP contribution is -2.23. The number of nitrogens with zero attached hydrogens (tertiary/aromatic N) is 2. The van der Waals surface area contributed by atoms with Crippen molar-refractivity contribution in [3.8, 4) is 0 Å². The van der Waals surface area contributed by atoms with Crippen molar-refractivity contribution in [2.75, 3.05) is 6.54 Å². The van der Waals surface area contributed by atoms with Crippen molar-refractivity contribution in [2.45, 2.75) is 6.42 Å². The third-order valence-electron chi connectivity index (χ3n) is 1.57. The smallest absolute Gasteiger partial charge is 0.330 e. The standard InChI is InChI=1S/C7H11N3O/c1-10-6(2-4-8)3-5-9-7(10)11/h3,5H,2,4,8H2,1H3. The van der Waals surface area contributed by atoms with Gasteiger partial charge < -0.3 is 5.73 Å². The molecule has 60 valence electrons. The van der Waals surface area contributed by atoms with Gasteiger partial charge in [0, 0.05) is 25.4 Å². The number of rotatable bonds is 2. The van der Waals surface area contributed by atoms with E-state index in [2.05, 4.69) is 4.98 Å². The minimum absolute atomic E-state index is 0.226. The predicted molar refractivity (Wildman–Crippen MR) is 42.2 cm³/mol. The highest BCUT2D eigenvalue weighted by Gasteiger charge is 1.96. The molecule has 0 aliphatic heterocycles. The van der Waals surface area contributed by atoms with Gasteiger partial charge in [0.05, 0.1) is 0 Å². The molecular formula is C7H11N3O. The molecule has 0 fully saturated rings. The molecule has 1 heterocycles. The molecule has 1 aromatic heterocycles. The molecule has 0 saturated carbocycles. The normalized spacial score (nSPS) is 10.0. The van der Waals surface area contributed by atoms with E-state index in [1.807, 2.05) is 0 Å². The van der Waals surface area contributed by atoms with E-state index >= 15 is 0 Å². The molecule has 0 unspecified atom stereocenters. The van der Waals surface area contributed by atoms with E-state index in [9.17, 15) is 4.79 Å². The molecule has 4 nitrogen and oxygen atoms in total. The molecule has 0 amide bonds. The summed E-state index contributed by atoms with van der Waals surface area (Å²) < 4.78 is 1.51. The minimum Gasteiger partial charge on any atom is -0.330 e. The van der Waals surface area contributed by atoms with E-state index in [1.165, 1.54) is 10.8 Å². The zero-order valence-corrected chi connectivity index (χ0v) is 6.45. The lowest BCUT2D eigenvalue weighted by atomic mass is 10.3. The van der Waals surface area contributed by atoms with Gasteiger partial charge in [-0.15, -0.1) is 0 Å². The highest BCUT2D eigenvalue weighted by Crippen LogP contribution is 1.91. The average Bonchev–Trinajstić information content (AvgIpc) is 1.99. The van der Waals surface area contributed by atoms with Crippen LogP contribution in [0.3, 0.4) is 0 Å². The highest BCUT2D eigenvalue weighted by atomic mass is 16.1. The number of hydrogen-bond acceptors (Lipinski definition) is 3. The first-order valence-electron chi connectivity index (χ1n) is 3.46. The fraction of sp³-hybridized carbons (Fsp3) is 0.429. The Morgan fingerprint density at radius 2 is 2.45 bits per heavy atom. The van der Waals surface area contributed by atoms with E-state index < -0.39 is 0 Å². The molecule has 0 saturated heterocycles. The summed E-state index contributed by atoms with van der Waals surface area (Å²) in [6, 6.07) is 1.80. The van der Waals surface area contributed by atoms with Crippen LogP contribution in [-0.4, -0.2) is 16.1 Å². The Kier molecular flexibility index (Phi) is 2.38. The molecule has 0 bridgehead atoms. The summed E-state index contributed by atoms with van der Waals surface area (Å²) in [6.45, 7) is 0.553. The van der Waals surface area contributed by atoms with Crippen LogP contribution >= 0.6 is 0 Å². The molecule has 0 aromatic carbocycles. The average molecular weight is 153 g/mol. The molecule has 11 heavy (non-hydrogen) atoms. The maximum absolute atomic E-state index is 10.9. The van der Waals surface area contributed by atoms with Crippen molar-refractivity contribution in [1.29, 1.82) is 0 Å². The van der Waals surface area contributed by atoms with Gasteiger partial charge in [-0.2, -0.15) is 0 Å². The summed E-state index contributed by atoms with van der Waals surface area (Å²) in [7, 11) is 1.69. The summed E-state index contributed by atoms with van der Waals surface area (Å²) >= 11 is 0. The van der Waals surface area contributed by atoms with Gasteiger partial charge in [0.15, 0.2) is 0 Å². The van der Waals surface area contributed by atoms with Crippen molar-refractivity contribution in [3.05, 3.63) is 28.4 Å². The second kappa shape index (κ2) is 3.30. The number of hydrogen-bond donors (Lipinski definition) is 1. The number of nitrogens with two attached hydrogens (primary N) is 1. The van der Waals surface area contributed by atoms with Crippen molar-refractivity contribution in [2.24, 2.45) is 12.8 Å². The zero-order valence-electron chi connectivity index (χ0n) is 6.45. The first-order valence-corrected chi connectivity index (χ1v) is 3.46. The molecule has 0 radical (unpaired) electrons. The summed E-state index contributed by atoms with van der Waals surface area (Å²) in [5.41, 5.74) is 6.04. The second-order valence-electron chi connectivity index (χ2n) is 2.32. The van der Waals surface area contributed by atoms with Crippen LogP contribution < -0.4 is 11.4 Å². The molecule has 1 aromatic rings. The maximum atomic E-state index is 10.9. The van der Waals surface area contributed by atoms with Gasteiger partial charge in [-0.3, -0.25) is 4.57 Å². The highest BCUT2D eigenvalue weighted by molar-refractivity contribution is 5.00. The van der Waals surface area contributed by atoms with Crippen LogP contribution in [0.4, 0.5) is 0 Å². The van der Waals surface area contributed by atoms with Crippen LogP contribution in [-0.2, 0) is 13.5 Å². The third kappa shape index (κ3) is 1.65. The van der Waals surface area contributed by atoms with Crippen LogP contribution in [0.2, 0.25) is 0 Å². The van der Waals surface area contributed by atoms with Crippen LogP contribution in [0.5, 0.6) is 0 Å². The quantitative estimate of drug-likeness (QED) is 0.610. The van der Waals surface area contributed by atoms with Gasteiger partial charge in [0.1, 0.15) is 0 Å². The maximum Gasteiger partial charge on any atom is 0.347 e. The molecule has 2 N–H and O–H groups in total. The largest absolute Gasteiger partial charge is 0.347 e. The van der Waals surface area contributed by atoms with Crippen LogP contribution in [0.15, 0.2) is 17.1 Å². The zero-order chi connectivity index (χ0) is 8.27. The van der Waals surface area contributed by atoms with Crippen molar-refractivity contribution < 1.29 is 0 Å². The Labute approximate surface area is 64.7 Å². The van der Waals surface area contributed by atoms with Gasteiger partial charge >= 0.3 is 5.69 Å². The lowest BCUT2D eigenvalue weighted by molar-refractivity contribution is 0.730. The molecular weight excluding hydrogens is 142 g/mol. The Morgan fingerprint density at radius 1 is 1.73 bits per heavy atom. The molecule has 0 aliphatic rings. The van der Waals surface area contributed by atoms with Gasteiger partial charge in [0.25, 0.3) is 0 Å². The summed E-state index contributed by atoms with van der Waals surface area (Å²) in [4.78, 5) is 14.5. The van der Waals surface area contributed by atoms with E-state index in [-0.39, 0.29) is 5.69 Å². The Bertz CT molecular complexity index is 292. The number of aromatic nitrogens is 2. The van der Waals surface area contributed by atoms with Crippen molar-refractivity contribution >= 4 is 0 Å². The fourth-order valence-corrected chi connectivity index (χ4v) is 0.907. The third-order valence-corrected chi connectivity index (χ3v) is 1.57. The van der Waals surface area contributed by atoms with Crippen molar-refractivity contribution in [1.82, 2.24) is 9.55 Å². The van der Waals surface area contributed by atoms with E-state index in [1.54, 1.807) is 13.1 Å². The second-order valence-corrected chi connectivity index (χ2v) is 2.32.